The molecule has 17 heavy (non-hydrogen) atoms. The Kier molecular flexibility index (Phi) is 4.28. The summed E-state index contributed by atoms with van der Waals surface area (Å²) in [5.74, 6) is 0.739. The molecule has 1 fully saturated rings. The summed E-state index contributed by atoms with van der Waals surface area (Å²) in [6.45, 7) is 1.90. The SMILES string of the molecule is CNCc1cnc(N2CCCCC2CO)nc1. The van der Waals surface area contributed by atoms with Crippen LogP contribution in [0.15, 0.2) is 12.4 Å². The minimum absolute atomic E-state index is 0.180. The van der Waals surface area contributed by atoms with Crippen molar-refractivity contribution in [1.29, 1.82) is 0 Å². The molecule has 94 valence electrons. The van der Waals surface area contributed by atoms with Gasteiger partial charge in [-0.15, -0.1) is 0 Å². The monoisotopic (exact) mass is 236 g/mol. The lowest BCUT2D eigenvalue weighted by Gasteiger charge is -2.34. The average Bonchev–Trinajstić information content (AvgIpc) is 2.40. The van der Waals surface area contributed by atoms with E-state index < -0.39 is 0 Å². The Morgan fingerprint density at radius 3 is 2.82 bits per heavy atom. The zero-order valence-electron chi connectivity index (χ0n) is 10.3. The summed E-state index contributed by atoms with van der Waals surface area (Å²) in [7, 11) is 1.90. The second-order valence-electron chi connectivity index (χ2n) is 4.45. The van der Waals surface area contributed by atoms with Crippen molar-refractivity contribution < 1.29 is 5.11 Å². The van der Waals surface area contributed by atoms with E-state index in [9.17, 15) is 5.11 Å². The average molecular weight is 236 g/mol. The van der Waals surface area contributed by atoms with Gasteiger partial charge in [0.2, 0.25) is 5.95 Å². The van der Waals surface area contributed by atoms with E-state index in [-0.39, 0.29) is 12.6 Å². The number of nitrogens with one attached hydrogen (secondary N) is 1. The molecule has 5 heteroatoms. The number of hydrogen-bond acceptors (Lipinski definition) is 5. The maximum Gasteiger partial charge on any atom is 0.225 e. The van der Waals surface area contributed by atoms with Crippen LogP contribution >= 0.6 is 0 Å². The molecule has 2 N–H and O–H groups in total. The van der Waals surface area contributed by atoms with E-state index in [1.54, 1.807) is 0 Å². The molecule has 0 amide bonds. The molecule has 1 aliphatic rings. The Labute approximate surface area is 102 Å². The molecule has 1 aliphatic heterocycles. The molecule has 0 saturated carbocycles. The lowest BCUT2D eigenvalue weighted by Crippen LogP contribution is -2.42. The number of piperidine rings is 1. The van der Waals surface area contributed by atoms with Crippen molar-refractivity contribution in [3.8, 4) is 0 Å². The minimum Gasteiger partial charge on any atom is -0.394 e. The fourth-order valence-electron chi connectivity index (χ4n) is 2.25. The zero-order chi connectivity index (χ0) is 12.1. The molecular weight excluding hydrogens is 216 g/mol. The molecule has 1 aromatic heterocycles. The highest BCUT2D eigenvalue weighted by molar-refractivity contribution is 5.32. The van der Waals surface area contributed by atoms with Gasteiger partial charge in [-0.1, -0.05) is 0 Å². The van der Waals surface area contributed by atoms with Crippen LogP contribution in [0, 0.1) is 0 Å². The third kappa shape index (κ3) is 2.92. The van der Waals surface area contributed by atoms with Gasteiger partial charge in [0.1, 0.15) is 0 Å². The fraction of sp³-hybridized carbons (Fsp3) is 0.667. The Morgan fingerprint density at radius 2 is 2.18 bits per heavy atom. The molecule has 1 atom stereocenters. The second-order valence-corrected chi connectivity index (χ2v) is 4.45. The molecular formula is C12H20N4O. The van der Waals surface area contributed by atoms with Gasteiger partial charge in [0.05, 0.1) is 12.6 Å². The van der Waals surface area contributed by atoms with Gasteiger partial charge >= 0.3 is 0 Å². The molecule has 1 aromatic rings. The van der Waals surface area contributed by atoms with Crippen LogP contribution in [0.4, 0.5) is 5.95 Å². The quantitative estimate of drug-likeness (QED) is 0.799. The van der Waals surface area contributed by atoms with Crippen molar-refractivity contribution in [1.82, 2.24) is 15.3 Å². The first-order chi connectivity index (χ1) is 8.35. The molecule has 2 heterocycles. The van der Waals surface area contributed by atoms with Gasteiger partial charge < -0.3 is 15.3 Å². The number of rotatable bonds is 4. The number of anilines is 1. The molecule has 5 nitrogen and oxygen atoms in total. The Hall–Kier alpha value is -1.20. The van der Waals surface area contributed by atoms with Gasteiger partial charge in [-0.25, -0.2) is 9.97 Å². The molecule has 2 rings (SSSR count). The van der Waals surface area contributed by atoms with E-state index in [4.69, 9.17) is 0 Å². The van der Waals surface area contributed by atoms with E-state index in [2.05, 4.69) is 20.2 Å². The fourth-order valence-corrected chi connectivity index (χ4v) is 2.25. The van der Waals surface area contributed by atoms with Gasteiger partial charge in [-0.3, -0.25) is 0 Å². The lowest BCUT2D eigenvalue weighted by molar-refractivity contribution is 0.239. The summed E-state index contributed by atoms with van der Waals surface area (Å²) < 4.78 is 0. The summed E-state index contributed by atoms with van der Waals surface area (Å²) in [5.41, 5.74) is 1.08. The van der Waals surface area contributed by atoms with Crippen LogP contribution in [0.25, 0.3) is 0 Å². The van der Waals surface area contributed by atoms with Crippen molar-refractivity contribution in [3.05, 3.63) is 18.0 Å². The van der Waals surface area contributed by atoms with Gasteiger partial charge in [0.15, 0.2) is 0 Å². The molecule has 0 bridgehead atoms. The first kappa shape index (κ1) is 12.3. The Morgan fingerprint density at radius 1 is 1.41 bits per heavy atom. The van der Waals surface area contributed by atoms with Crippen LogP contribution in [-0.4, -0.2) is 41.3 Å². The standard InChI is InChI=1S/C12H20N4O/c1-13-6-10-7-14-12(15-8-10)16-5-3-2-4-11(16)9-17/h7-8,11,13,17H,2-6,9H2,1H3. The summed E-state index contributed by atoms with van der Waals surface area (Å²) in [4.78, 5) is 10.9. The van der Waals surface area contributed by atoms with Crippen molar-refractivity contribution in [3.63, 3.8) is 0 Å². The van der Waals surface area contributed by atoms with Crippen molar-refractivity contribution >= 4 is 5.95 Å². The van der Waals surface area contributed by atoms with Crippen LogP contribution in [0.3, 0.4) is 0 Å². The molecule has 0 aromatic carbocycles. The summed E-state index contributed by atoms with van der Waals surface area (Å²) in [6, 6.07) is 0.180. The number of aliphatic hydroxyl groups is 1. The van der Waals surface area contributed by atoms with E-state index >= 15 is 0 Å². The number of nitrogens with zero attached hydrogens (tertiary/aromatic N) is 3. The summed E-state index contributed by atoms with van der Waals surface area (Å²) in [5, 5.41) is 12.4. The van der Waals surface area contributed by atoms with Crippen molar-refractivity contribution in [2.45, 2.75) is 31.8 Å². The largest absolute Gasteiger partial charge is 0.394 e. The number of aliphatic hydroxyl groups excluding tert-OH is 1. The number of aromatic nitrogens is 2. The Bertz CT molecular complexity index is 341. The van der Waals surface area contributed by atoms with Crippen LogP contribution in [0.1, 0.15) is 24.8 Å². The van der Waals surface area contributed by atoms with Gasteiger partial charge in [-0.2, -0.15) is 0 Å². The van der Waals surface area contributed by atoms with Crippen molar-refractivity contribution in [2.75, 3.05) is 25.1 Å². The van der Waals surface area contributed by atoms with Crippen LogP contribution < -0.4 is 10.2 Å². The van der Waals surface area contributed by atoms with Crippen molar-refractivity contribution in [2.24, 2.45) is 0 Å². The second kappa shape index (κ2) is 5.93. The highest BCUT2D eigenvalue weighted by atomic mass is 16.3. The first-order valence-electron chi connectivity index (χ1n) is 6.18. The highest BCUT2D eigenvalue weighted by Gasteiger charge is 2.23. The van der Waals surface area contributed by atoms with E-state index in [0.717, 1.165) is 37.4 Å². The normalized spacial score (nSPS) is 20.6. The third-order valence-electron chi connectivity index (χ3n) is 3.17. The molecule has 0 spiro atoms. The van der Waals surface area contributed by atoms with Crippen LogP contribution in [0.5, 0.6) is 0 Å². The lowest BCUT2D eigenvalue weighted by atomic mass is 10.0. The first-order valence-corrected chi connectivity index (χ1v) is 6.18. The van der Waals surface area contributed by atoms with Gasteiger partial charge in [0.25, 0.3) is 0 Å². The van der Waals surface area contributed by atoms with E-state index in [1.165, 1.54) is 6.42 Å². The van der Waals surface area contributed by atoms with E-state index in [0.29, 0.717) is 0 Å². The topological polar surface area (TPSA) is 61.3 Å². The number of hydrogen-bond donors (Lipinski definition) is 2. The predicted octanol–water partition coefficient (Wildman–Crippen LogP) is 0.547. The van der Waals surface area contributed by atoms with Gasteiger partial charge in [-0.05, 0) is 26.3 Å². The third-order valence-corrected chi connectivity index (χ3v) is 3.17. The molecule has 1 saturated heterocycles. The van der Waals surface area contributed by atoms with Crippen LogP contribution in [0.2, 0.25) is 0 Å². The smallest absolute Gasteiger partial charge is 0.225 e. The molecule has 0 aliphatic carbocycles. The maximum atomic E-state index is 9.35. The Balaban J connectivity index is 2.09. The van der Waals surface area contributed by atoms with Gasteiger partial charge in [0, 0.05) is 31.0 Å². The van der Waals surface area contributed by atoms with Crippen LogP contribution in [-0.2, 0) is 6.54 Å². The summed E-state index contributed by atoms with van der Waals surface area (Å²) in [6.07, 6.45) is 7.06. The van der Waals surface area contributed by atoms with E-state index in [1.807, 2.05) is 19.4 Å². The predicted molar refractivity (Wildman–Crippen MR) is 66.9 cm³/mol. The molecule has 0 radical (unpaired) electrons. The highest BCUT2D eigenvalue weighted by Crippen LogP contribution is 2.21. The minimum atomic E-state index is 0.180. The maximum absolute atomic E-state index is 9.35. The summed E-state index contributed by atoms with van der Waals surface area (Å²) >= 11 is 0. The molecule has 1 unspecified atom stereocenters. The zero-order valence-corrected chi connectivity index (χ0v) is 10.3.